The summed E-state index contributed by atoms with van der Waals surface area (Å²) in [5.74, 6) is 0.543. The Bertz CT molecular complexity index is 947. The summed E-state index contributed by atoms with van der Waals surface area (Å²) in [5.41, 5.74) is 0.850. The first kappa shape index (κ1) is 24.2. The SMILES string of the molecule is COc1cccc(CN(C(=O)COc2ccc(Cl)cc2Cl)C(C)C(=O)NC2CCCC2)c1. The Hall–Kier alpha value is -2.44. The molecular weight excluding hydrogens is 451 g/mol. The Morgan fingerprint density at radius 1 is 1.16 bits per heavy atom. The molecule has 32 heavy (non-hydrogen) atoms. The van der Waals surface area contributed by atoms with Crippen molar-refractivity contribution in [3.63, 3.8) is 0 Å². The summed E-state index contributed by atoms with van der Waals surface area (Å²) in [7, 11) is 1.59. The van der Waals surface area contributed by atoms with Crippen molar-refractivity contribution in [1.29, 1.82) is 0 Å². The quantitative estimate of drug-likeness (QED) is 0.558. The molecule has 2 amide bonds. The lowest BCUT2D eigenvalue weighted by molar-refractivity contribution is -0.142. The van der Waals surface area contributed by atoms with Crippen LogP contribution in [-0.4, -0.2) is 42.5 Å². The van der Waals surface area contributed by atoms with Crippen molar-refractivity contribution in [2.24, 2.45) is 0 Å². The van der Waals surface area contributed by atoms with Crippen molar-refractivity contribution in [3.8, 4) is 11.5 Å². The molecule has 0 aromatic heterocycles. The summed E-state index contributed by atoms with van der Waals surface area (Å²) in [6.45, 7) is 1.72. The van der Waals surface area contributed by atoms with Crippen LogP contribution in [0.1, 0.15) is 38.2 Å². The van der Waals surface area contributed by atoms with E-state index in [9.17, 15) is 9.59 Å². The number of hydrogen-bond donors (Lipinski definition) is 1. The Kier molecular flexibility index (Phi) is 8.65. The molecule has 0 heterocycles. The highest BCUT2D eigenvalue weighted by Gasteiger charge is 2.29. The molecular formula is C24H28Cl2N2O4. The van der Waals surface area contributed by atoms with Crippen molar-refractivity contribution in [1.82, 2.24) is 10.2 Å². The third-order valence-corrected chi connectivity index (χ3v) is 6.13. The van der Waals surface area contributed by atoms with E-state index in [2.05, 4.69) is 5.32 Å². The zero-order chi connectivity index (χ0) is 23.1. The van der Waals surface area contributed by atoms with E-state index in [1.54, 1.807) is 32.2 Å². The van der Waals surface area contributed by atoms with Crippen molar-refractivity contribution >= 4 is 35.0 Å². The highest BCUT2D eigenvalue weighted by atomic mass is 35.5. The Morgan fingerprint density at radius 2 is 1.91 bits per heavy atom. The summed E-state index contributed by atoms with van der Waals surface area (Å²) >= 11 is 12.1. The number of benzene rings is 2. The summed E-state index contributed by atoms with van der Waals surface area (Å²) in [6.07, 6.45) is 4.17. The van der Waals surface area contributed by atoms with Crippen LogP contribution in [0.25, 0.3) is 0 Å². The fourth-order valence-electron chi connectivity index (χ4n) is 3.76. The van der Waals surface area contributed by atoms with Crippen LogP contribution in [0.15, 0.2) is 42.5 Å². The third-order valence-electron chi connectivity index (χ3n) is 5.60. The van der Waals surface area contributed by atoms with E-state index in [0.717, 1.165) is 31.2 Å². The van der Waals surface area contributed by atoms with Crippen molar-refractivity contribution in [3.05, 3.63) is 58.1 Å². The minimum atomic E-state index is -0.668. The molecule has 1 saturated carbocycles. The number of rotatable bonds is 9. The van der Waals surface area contributed by atoms with Crippen LogP contribution in [0.4, 0.5) is 0 Å². The third kappa shape index (κ3) is 6.53. The smallest absolute Gasteiger partial charge is 0.261 e. The molecule has 172 valence electrons. The summed E-state index contributed by atoms with van der Waals surface area (Å²) in [6, 6.07) is 11.7. The maximum atomic E-state index is 13.2. The standard InChI is InChI=1S/C24H28Cl2N2O4/c1-16(24(30)27-19-7-3-4-8-19)28(14-17-6-5-9-20(12-17)31-2)23(29)15-32-22-11-10-18(25)13-21(22)26/h5-6,9-13,16,19H,3-4,7-8,14-15H2,1-2H3,(H,27,30). The van der Waals surface area contributed by atoms with E-state index in [1.165, 1.54) is 4.90 Å². The molecule has 3 rings (SSSR count). The number of nitrogens with one attached hydrogen (secondary N) is 1. The average molecular weight is 479 g/mol. The predicted octanol–water partition coefficient (Wildman–Crippen LogP) is 4.86. The number of amides is 2. The molecule has 6 nitrogen and oxygen atoms in total. The van der Waals surface area contributed by atoms with Crippen LogP contribution < -0.4 is 14.8 Å². The number of carbonyl (C=O) groups excluding carboxylic acids is 2. The molecule has 2 aromatic carbocycles. The van der Waals surface area contributed by atoms with Gasteiger partial charge in [0.05, 0.1) is 12.1 Å². The van der Waals surface area contributed by atoms with E-state index in [4.69, 9.17) is 32.7 Å². The van der Waals surface area contributed by atoms with Gasteiger partial charge >= 0.3 is 0 Å². The van der Waals surface area contributed by atoms with Gasteiger partial charge in [0.15, 0.2) is 6.61 Å². The Labute approximate surface area is 198 Å². The fourth-order valence-corrected chi connectivity index (χ4v) is 4.22. The van der Waals surface area contributed by atoms with Crippen LogP contribution in [0, 0.1) is 0 Å². The summed E-state index contributed by atoms with van der Waals surface area (Å²) in [5, 5.41) is 3.87. The molecule has 1 unspecified atom stereocenters. The van der Waals surface area contributed by atoms with E-state index in [1.807, 2.05) is 24.3 Å². The van der Waals surface area contributed by atoms with Crippen molar-refractivity contribution in [2.45, 2.75) is 51.2 Å². The van der Waals surface area contributed by atoms with Gasteiger partial charge in [-0.2, -0.15) is 0 Å². The van der Waals surface area contributed by atoms with Gasteiger partial charge in [-0.05, 0) is 55.7 Å². The number of halogens is 2. The van der Waals surface area contributed by atoms with Gasteiger partial charge in [-0.25, -0.2) is 0 Å². The molecule has 0 saturated heterocycles. The highest BCUT2D eigenvalue weighted by molar-refractivity contribution is 6.35. The van der Waals surface area contributed by atoms with Crippen LogP contribution in [0.3, 0.4) is 0 Å². The van der Waals surface area contributed by atoms with E-state index in [0.29, 0.717) is 21.5 Å². The van der Waals surface area contributed by atoms with Gasteiger partial charge < -0.3 is 19.7 Å². The maximum Gasteiger partial charge on any atom is 0.261 e. The van der Waals surface area contributed by atoms with Crippen LogP contribution in [0.5, 0.6) is 11.5 Å². The largest absolute Gasteiger partial charge is 0.497 e. The van der Waals surface area contributed by atoms with Gasteiger partial charge in [0.25, 0.3) is 5.91 Å². The van der Waals surface area contributed by atoms with Crippen LogP contribution >= 0.6 is 23.2 Å². The number of hydrogen-bond acceptors (Lipinski definition) is 4. The molecule has 0 radical (unpaired) electrons. The first-order chi connectivity index (χ1) is 15.4. The van der Waals surface area contributed by atoms with Gasteiger partial charge in [-0.15, -0.1) is 0 Å². The molecule has 1 N–H and O–H groups in total. The number of ether oxygens (including phenoxy) is 2. The molecule has 1 fully saturated rings. The fraction of sp³-hybridized carbons (Fsp3) is 0.417. The monoisotopic (exact) mass is 478 g/mol. The molecule has 1 atom stereocenters. The summed E-state index contributed by atoms with van der Waals surface area (Å²) in [4.78, 5) is 27.6. The molecule has 1 aliphatic carbocycles. The topological polar surface area (TPSA) is 67.9 Å². The van der Waals surface area contributed by atoms with E-state index < -0.39 is 6.04 Å². The van der Waals surface area contributed by atoms with Crippen LogP contribution in [-0.2, 0) is 16.1 Å². The van der Waals surface area contributed by atoms with E-state index >= 15 is 0 Å². The van der Waals surface area contributed by atoms with Gasteiger partial charge in [0, 0.05) is 17.6 Å². The van der Waals surface area contributed by atoms with Gasteiger partial charge in [0.2, 0.25) is 5.91 Å². The van der Waals surface area contributed by atoms with Crippen molar-refractivity contribution < 1.29 is 19.1 Å². The lowest BCUT2D eigenvalue weighted by Crippen LogP contribution is -2.50. The van der Waals surface area contributed by atoms with Crippen LogP contribution in [0.2, 0.25) is 10.0 Å². The highest BCUT2D eigenvalue weighted by Crippen LogP contribution is 2.27. The number of nitrogens with zero attached hydrogens (tertiary/aromatic N) is 1. The molecule has 0 aliphatic heterocycles. The predicted molar refractivity (Wildman–Crippen MR) is 125 cm³/mol. The van der Waals surface area contributed by atoms with Crippen molar-refractivity contribution in [2.75, 3.05) is 13.7 Å². The zero-order valence-corrected chi connectivity index (χ0v) is 19.8. The lowest BCUT2D eigenvalue weighted by atomic mass is 10.1. The molecule has 2 aromatic rings. The second-order valence-electron chi connectivity index (χ2n) is 7.90. The second-order valence-corrected chi connectivity index (χ2v) is 8.75. The average Bonchev–Trinajstić information content (AvgIpc) is 3.29. The van der Waals surface area contributed by atoms with Gasteiger partial charge in [-0.3, -0.25) is 9.59 Å². The molecule has 0 bridgehead atoms. The normalized spacial score (nSPS) is 14.6. The minimum absolute atomic E-state index is 0.169. The first-order valence-corrected chi connectivity index (χ1v) is 11.4. The van der Waals surface area contributed by atoms with E-state index in [-0.39, 0.29) is 31.0 Å². The minimum Gasteiger partial charge on any atom is -0.497 e. The van der Waals surface area contributed by atoms with Gasteiger partial charge in [-0.1, -0.05) is 48.2 Å². The Morgan fingerprint density at radius 3 is 2.59 bits per heavy atom. The lowest BCUT2D eigenvalue weighted by Gasteiger charge is -2.29. The summed E-state index contributed by atoms with van der Waals surface area (Å²) < 4.78 is 10.9. The zero-order valence-electron chi connectivity index (χ0n) is 18.3. The molecule has 1 aliphatic rings. The maximum absolute atomic E-state index is 13.2. The number of carbonyl (C=O) groups is 2. The van der Waals surface area contributed by atoms with Gasteiger partial charge in [0.1, 0.15) is 17.5 Å². The number of methoxy groups -OCH3 is 1. The molecule has 8 heteroatoms. The second kappa shape index (κ2) is 11.4. The first-order valence-electron chi connectivity index (χ1n) is 10.7. The Balaban J connectivity index is 1.74. The molecule has 0 spiro atoms.